The number of hydrogen-bond acceptors (Lipinski definition) is 4. The van der Waals surface area contributed by atoms with E-state index >= 15 is 4.39 Å². The molecule has 16 heteroatoms. The number of nitrogens with zero attached hydrogens (tertiary/aromatic N) is 3. The molecule has 5 nitrogen and oxygen atoms in total. The smallest absolute Gasteiger partial charge is 0.253 e. The topological polar surface area (TPSA) is 58.1 Å². The molecule has 0 saturated carbocycles. The Bertz CT molecular complexity index is 1140. The highest BCUT2D eigenvalue weighted by Crippen LogP contribution is 2.52. The quantitative estimate of drug-likeness (QED) is 0.428. The molecular formula is C19H29B8ClF2N4O. The molecule has 0 radical (unpaired) electrons. The molecule has 1 aromatic carbocycles. The SMILES string of the molecule is BC(B)(NC(B)(B)C1(F)CC(B)(B)N(C(=O)c2ccc(F)c(Cl)c2)CC1(B)B)c1ncc(C)cn1. The van der Waals surface area contributed by atoms with Crippen LogP contribution >= 0.6 is 11.6 Å². The summed E-state index contributed by atoms with van der Waals surface area (Å²) < 4.78 is 31.0. The number of alkyl halides is 1. The Labute approximate surface area is 219 Å². The van der Waals surface area contributed by atoms with Crippen LogP contribution in [0.2, 0.25) is 10.2 Å². The number of carbonyl (C=O) groups is 1. The summed E-state index contributed by atoms with van der Waals surface area (Å²) in [6.45, 7) is 2.10. The first-order chi connectivity index (χ1) is 15.8. The molecule has 2 aromatic rings. The second-order valence-corrected chi connectivity index (χ2v) is 12.6. The highest BCUT2D eigenvalue weighted by molar-refractivity contribution is 6.49. The summed E-state index contributed by atoms with van der Waals surface area (Å²) in [5.74, 6) is -0.305. The minimum atomic E-state index is -1.71. The number of halogens is 3. The van der Waals surface area contributed by atoms with Crippen LogP contribution in [0.15, 0.2) is 30.6 Å². The van der Waals surface area contributed by atoms with Crippen LogP contribution in [-0.4, -0.2) is 106 Å². The van der Waals surface area contributed by atoms with Crippen LogP contribution < -0.4 is 5.32 Å². The fraction of sp³-hybridized carbons (Fsp3) is 0.421. The maximum Gasteiger partial charge on any atom is 0.253 e. The van der Waals surface area contributed by atoms with Gasteiger partial charge in [0.1, 0.15) is 80.1 Å². The fourth-order valence-electron chi connectivity index (χ4n) is 5.52. The molecule has 1 atom stereocenters. The van der Waals surface area contributed by atoms with Crippen LogP contribution in [0, 0.1) is 12.7 Å². The average Bonchev–Trinajstić information content (AvgIpc) is 2.71. The second kappa shape index (κ2) is 9.05. The third-order valence-corrected chi connectivity index (χ3v) is 7.69. The van der Waals surface area contributed by atoms with Gasteiger partial charge in [0.05, 0.1) is 5.02 Å². The van der Waals surface area contributed by atoms with Crippen LogP contribution in [0.25, 0.3) is 0 Å². The Morgan fingerprint density at radius 2 is 1.71 bits per heavy atom. The van der Waals surface area contributed by atoms with Gasteiger partial charge in [-0.1, -0.05) is 11.6 Å². The summed E-state index contributed by atoms with van der Waals surface area (Å²) in [5.41, 5.74) is -0.474. The largest absolute Gasteiger partial charge is 0.350 e. The lowest BCUT2D eigenvalue weighted by atomic mass is 9.31. The molecule has 176 valence electrons. The zero-order chi connectivity index (χ0) is 26.6. The molecule has 0 aliphatic carbocycles. The molecule has 1 aromatic heterocycles. The summed E-state index contributed by atoms with van der Waals surface area (Å²) in [6, 6.07) is 3.92. The van der Waals surface area contributed by atoms with Crippen molar-refractivity contribution in [3.05, 3.63) is 58.4 Å². The molecule has 1 fully saturated rings. The molecule has 2 heterocycles. The van der Waals surface area contributed by atoms with Gasteiger partial charge in [0, 0.05) is 29.8 Å². The van der Waals surface area contributed by atoms with Gasteiger partial charge >= 0.3 is 0 Å². The molecule has 3 rings (SSSR count). The highest BCUT2D eigenvalue weighted by Gasteiger charge is 2.62. The van der Waals surface area contributed by atoms with Gasteiger partial charge in [-0.15, -0.1) is 0 Å². The van der Waals surface area contributed by atoms with Crippen LogP contribution in [-0.2, 0) is 5.34 Å². The van der Waals surface area contributed by atoms with Gasteiger partial charge in [-0.05, 0) is 53.0 Å². The number of benzene rings is 1. The van der Waals surface area contributed by atoms with E-state index in [4.69, 9.17) is 11.6 Å². The van der Waals surface area contributed by atoms with Crippen molar-refractivity contribution in [1.29, 1.82) is 0 Å². The van der Waals surface area contributed by atoms with Gasteiger partial charge in [-0.2, -0.15) is 0 Å². The minimum absolute atomic E-state index is 0.0957. The lowest BCUT2D eigenvalue weighted by Gasteiger charge is -2.63. The number of nitrogens with one attached hydrogen (secondary N) is 1. The van der Waals surface area contributed by atoms with E-state index in [1.165, 1.54) is 18.2 Å². The van der Waals surface area contributed by atoms with E-state index in [1.807, 2.05) is 69.7 Å². The van der Waals surface area contributed by atoms with Gasteiger partial charge in [-0.3, -0.25) is 4.79 Å². The van der Waals surface area contributed by atoms with E-state index < -0.39 is 32.7 Å². The number of hydrogen-bond donors (Lipinski definition) is 1. The molecule has 0 bridgehead atoms. The summed E-state index contributed by atoms with van der Waals surface area (Å²) in [4.78, 5) is 24.1. The number of aryl methyl sites for hydroxylation is 1. The Hall–Kier alpha value is -1.60. The molecule has 1 amide bonds. The fourth-order valence-corrected chi connectivity index (χ4v) is 5.70. The van der Waals surface area contributed by atoms with Gasteiger partial charge in [0.15, 0.2) is 0 Å². The van der Waals surface area contributed by atoms with E-state index in [2.05, 4.69) is 15.3 Å². The molecule has 1 aliphatic heterocycles. The van der Waals surface area contributed by atoms with E-state index in [0.717, 1.165) is 5.56 Å². The van der Waals surface area contributed by atoms with Gasteiger partial charge in [0.2, 0.25) is 0 Å². The van der Waals surface area contributed by atoms with Crippen molar-refractivity contribution in [2.45, 2.75) is 40.2 Å². The third kappa shape index (κ3) is 5.13. The highest BCUT2D eigenvalue weighted by atomic mass is 35.5. The number of likely N-dealkylation sites (tertiary alicyclic amines) is 1. The summed E-state index contributed by atoms with van der Waals surface area (Å²) in [7, 11) is 15.0. The lowest BCUT2D eigenvalue weighted by Crippen LogP contribution is -2.78. The van der Waals surface area contributed by atoms with Crippen molar-refractivity contribution in [1.82, 2.24) is 20.2 Å². The van der Waals surface area contributed by atoms with Crippen molar-refractivity contribution in [3.8, 4) is 0 Å². The van der Waals surface area contributed by atoms with Crippen molar-refractivity contribution in [2.24, 2.45) is 0 Å². The van der Waals surface area contributed by atoms with Gasteiger partial charge in [-0.25, -0.2) is 18.7 Å². The van der Waals surface area contributed by atoms with E-state index in [9.17, 15) is 9.18 Å². The molecule has 1 aliphatic rings. The Balaban J connectivity index is 1.94. The van der Waals surface area contributed by atoms with Gasteiger partial charge in [0.25, 0.3) is 5.91 Å². The number of amides is 1. The molecule has 1 N–H and O–H groups in total. The first kappa shape index (κ1) is 28.0. The van der Waals surface area contributed by atoms with Crippen LogP contribution in [0.1, 0.15) is 28.2 Å². The van der Waals surface area contributed by atoms with Crippen molar-refractivity contribution >= 4 is 80.3 Å². The Kier molecular flexibility index (Phi) is 7.24. The maximum absolute atomic E-state index is 17.4. The van der Waals surface area contributed by atoms with Crippen LogP contribution in [0.5, 0.6) is 0 Å². The molecule has 1 saturated heterocycles. The van der Waals surface area contributed by atoms with Crippen LogP contribution in [0.3, 0.4) is 0 Å². The summed E-state index contributed by atoms with van der Waals surface area (Å²) in [5, 5.41) is -0.0443. The van der Waals surface area contributed by atoms with Crippen molar-refractivity contribution in [3.63, 3.8) is 0 Å². The maximum atomic E-state index is 17.4. The lowest BCUT2D eigenvalue weighted by molar-refractivity contribution is -0.00211. The van der Waals surface area contributed by atoms with Crippen molar-refractivity contribution in [2.75, 3.05) is 6.54 Å². The van der Waals surface area contributed by atoms with E-state index in [-0.39, 0.29) is 29.5 Å². The Morgan fingerprint density at radius 1 is 1.14 bits per heavy atom. The average molecular weight is 489 g/mol. The van der Waals surface area contributed by atoms with Crippen LogP contribution in [0.4, 0.5) is 8.78 Å². The monoisotopic (exact) mass is 490 g/mol. The van der Waals surface area contributed by atoms with Crippen molar-refractivity contribution < 1.29 is 13.6 Å². The zero-order valence-electron chi connectivity index (χ0n) is 22.2. The molecular weight excluding hydrogens is 460 g/mol. The number of aromatic nitrogens is 2. The minimum Gasteiger partial charge on any atom is -0.350 e. The Morgan fingerprint density at radius 3 is 2.26 bits per heavy atom. The normalized spacial score (nSPS) is 22.0. The predicted molar refractivity (Wildman–Crippen MR) is 159 cm³/mol. The standard InChI is InChI=1S/C19H29B8ClF2N4O/c1-9-5-31-14(32-6-9)18(24,25)33-19(26,27)15(30)7-17(22,23)34(8-16(15,20)21)13(35)10-2-3-12(29)11(28)4-10/h2-6,33H,7-8,20-27H2,1H3. The summed E-state index contributed by atoms with van der Waals surface area (Å²) >= 11 is 5.93. The predicted octanol–water partition coefficient (Wildman–Crippen LogP) is -4.98. The first-order valence-corrected chi connectivity index (χ1v) is 12.3. The number of piperidine rings is 1. The number of rotatable bonds is 5. The van der Waals surface area contributed by atoms with Gasteiger partial charge < -0.3 is 10.2 Å². The second-order valence-electron chi connectivity index (χ2n) is 12.2. The first-order valence-electron chi connectivity index (χ1n) is 11.9. The number of carbonyl (C=O) groups excluding carboxylic acids is 1. The zero-order valence-corrected chi connectivity index (χ0v) is 22.9. The van der Waals surface area contributed by atoms with E-state index in [1.54, 1.807) is 17.3 Å². The molecule has 0 spiro atoms. The molecule has 1 unspecified atom stereocenters. The molecule has 35 heavy (non-hydrogen) atoms. The third-order valence-electron chi connectivity index (χ3n) is 7.40. The van der Waals surface area contributed by atoms with E-state index in [0.29, 0.717) is 5.82 Å². The summed E-state index contributed by atoms with van der Waals surface area (Å²) in [6.07, 6.45) is 3.60.